The fourth-order valence-electron chi connectivity index (χ4n) is 1.60. The first-order valence-corrected chi connectivity index (χ1v) is 5.91. The highest BCUT2D eigenvalue weighted by Gasteiger charge is 2.10. The lowest BCUT2D eigenvalue weighted by Crippen LogP contribution is -2.00. The number of rotatable bonds is 4. The van der Waals surface area contributed by atoms with Crippen LogP contribution in [0.1, 0.15) is 29.3 Å². The van der Waals surface area contributed by atoms with E-state index in [4.69, 9.17) is 11.6 Å². The largest absolute Gasteiger partial charge is 0.288 e. The Morgan fingerprint density at radius 2 is 2.00 bits per heavy atom. The van der Waals surface area contributed by atoms with Crippen molar-refractivity contribution in [2.45, 2.75) is 19.9 Å². The quantitative estimate of drug-likeness (QED) is 0.779. The summed E-state index contributed by atoms with van der Waals surface area (Å²) < 4.78 is 1.78. The lowest BCUT2D eigenvalue weighted by Gasteiger charge is -1.98. The standard InChI is InChI=1S/C13H13ClN2O/c1-2-7-16-9-11(8-15-16)13(17)10-3-5-12(14)6-4-10/h3-6,8-9H,2,7H2,1H3. The van der Waals surface area contributed by atoms with Gasteiger partial charge in [0.15, 0.2) is 5.78 Å². The maximum absolute atomic E-state index is 12.1. The molecule has 0 N–H and O–H groups in total. The molecule has 0 radical (unpaired) electrons. The lowest BCUT2D eigenvalue weighted by atomic mass is 10.1. The lowest BCUT2D eigenvalue weighted by molar-refractivity contribution is 0.103. The SMILES string of the molecule is CCCn1cc(C(=O)c2ccc(Cl)cc2)cn1. The van der Waals surface area contributed by atoms with Crippen molar-refractivity contribution >= 4 is 17.4 Å². The molecule has 0 aliphatic carbocycles. The Hall–Kier alpha value is -1.61. The van der Waals surface area contributed by atoms with Crippen LogP contribution in [0.3, 0.4) is 0 Å². The van der Waals surface area contributed by atoms with Crippen molar-refractivity contribution < 1.29 is 4.79 Å². The molecule has 17 heavy (non-hydrogen) atoms. The monoisotopic (exact) mass is 248 g/mol. The summed E-state index contributed by atoms with van der Waals surface area (Å²) in [6.45, 7) is 2.90. The first-order chi connectivity index (χ1) is 8.20. The second-order valence-corrected chi connectivity index (χ2v) is 4.26. The molecule has 0 aliphatic rings. The van der Waals surface area contributed by atoms with Gasteiger partial charge in [-0.3, -0.25) is 9.48 Å². The van der Waals surface area contributed by atoms with Crippen LogP contribution in [0.2, 0.25) is 5.02 Å². The molecule has 1 aromatic carbocycles. The summed E-state index contributed by atoms with van der Waals surface area (Å²) in [5.74, 6) is -0.0241. The Morgan fingerprint density at radius 3 is 2.65 bits per heavy atom. The number of nitrogens with zero attached hydrogens (tertiary/aromatic N) is 2. The van der Waals surface area contributed by atoms with Gasteiger partial charge in [0, 0.05) is 23.3 Å². The van der Waals surface area contributed by atoms with Gasteiger partial charge in [-0.15, -0.1) is 0 Å². The summed E-state index contributed by atoms with van der Waals surface area (Å²) in [5, 5.41) is 4.77. The Balaban J connectivity index is 2.21. The number of ketones is 1. The highest BCUT2D eigenvalue weighted by Crippen LogP contribution is 2.13. The van der Waals surface area contributed by atoms with Crippen LogP contribution in [0.4, 0.5) is 0 Å². The van der Waals surface area contributed by atoms with E-state index in [9.17, 15) is 4.79 Å². The smallest absolute Gasteiger partial charge is 0.196 e. The van der Waals surface area contributed by atoms with Gasteiger partial charge in [-0.1, -0.05) is 18.5 Å². The molecule has 1 heterocycles. The summed E-state index contributed by atoms with van der Waals surface area (Å²) in [6, 6.07) is 6.88. The van der Waals surface area contributed by atoms with Crippen LogP contribution in [-0.2, 0) is 6.54 Å². The summed E-state index contributed by atoms with van der Waals surface area (Å²) in [7, 11) is 0. The molecule has 0 atom stereocenters. The van der Waals surface area contributed by atoms with E-state index in [2.05, 4.69) is 12.0 Å². The van der Waals surface area contributed by atoms with E-state index in [0.29, 0.717) is 16.1 Å². The molecule has 0 spiro atoms. The molecule has 2 aromatic rings. The second-order valence-electron chi connectivity index (χ2n) is 3.83. The number of aromatic nitrogens is 2. The van der Waals surface area contributed by atoms with Crippen molar-refractivity contribution in [3.05, 3.63) is 52.8 Å². The molecule has 1 aromatic heterocycles. The molecule has 4 heteroatoms. The zero-order chi connectivity index (χ0) is 12.3. The minimum atomic E-state index is -0.0241. The summed E-state index contributed by atoms with van der Waals surface area (Å²) in [5.41, 5.74) is 1.24. The van der Waals surface area contributed by atoms with Crippen LogP contribution in [0.5, 0.6) is 0 Å². The number of benzene rings is 1. The zero-order valence-corrected chi connectivity index (χ0v) is 10.3. The molecule has 88 valence electrons. The zero-order valence-electron chi connectivity index (χ0n) is 9.56. The van der Waals surface area contributed by atoms with Crippen molar-refractivity contribution in [2.75, 3.05) is 0 Å². The minimum Gasteiger partial charge on any atom is -0.288 e. The molecule has 0 bridgehead atoms. The summed E-state index contributed by atoms with van der Waals surface area (Å²) in [4.78, 5) is 12.1. The van der Waals surface area contributed by atoms with Crippen molar-refractivity contribution in [3.63, 3.8) is 0 Å². The third kappa shape index (κ3) is 2.74. The van der Waals surface area contributed by atoms with Crippen molar-refractivity contribution in [3.8, 4) is 0 Å². The van der Waals surface area contributed by atoms with E-state index in [0.717, 1.165) is 13.0 Å². The van der Waals surface area contributed by atoms with E-state index < -0.39 is 0 Å². The van der Waals surface area contributed by atoms with Crippen LogP contribution < -0.4 is 0 Å². The van der Waals surface area contributed by atoms with Gasteiger partial charge in [0.25, 0.3) is 0 Å². The third-order valence-corrected chi connectivity index (χ3v) is 2.71. The highest BCUT2D eigenvalue weighted by molar-refractivity contribution is 6.30. The highest BCUT2D eigenvalue weighted by atomic mass is 35.5. The molecule has 3 nitrogen and oxygen atoms in total. The van der Waals surface area contributed by atoms with Gasteiger partial charge < -0.3 is 0 Å². The van der Waals surface area contributed by atoms with E-state index in [1.807, 2.05) is 0 Å². The average Bonchev–Trinajstić information content (AvgIpc) is 2.78. The maximum atomic E-state index is 12.1. The Labute approximate surface area is 105 Å². The van der Waals surface area contributed by atoms with Gasteiger partial charge in [0.05, 0.1) is 11.8 Å². The van der Waals surface area contributed by atoms with Gasteiger partial charge in [-0.2, -0.15) is 5.10 Å². The van der Waals surface area contributed by atoms with Gasteiger partial charge >= 0.3 is 0 Å². The number of aryl methyl sites for hydroxylation is 1. The Morgan fingerprint density at radius 1 is 1.29 bits per heavy atom. The van der Waals surface area contributed by atoms with Crippen molar-refractivity contribution in [1.29, 1.82) is 0 Å². The molecule has 0 unspecified atom stereocenters. The van der Waals surface area contributed by atoms with Gasteiger partial charge in [-0.25, -0.2) is 0 Å². The van der Waals surface area contributed by atoms with Crippen LogP contribution >= 0.6 is 11.6 Å². The molecular weight excluding hydrogens is 236 g/mol. The minimum absolute atomic E-state index is 0.0241. The van der Waals surface area contributed by atoms with Crippen LogP contribution in [0, 0.1) is 0 Å². The molecule has 0 amide bonds. The third-order valence-electron chi connectivity index (χ3n) is 2.45. The number of halogens is 1. The van der Waals surface area contributed by atoms with Gasteiger partial charge in [-0.05, 0) is 30.7 Å². The van der Waals surface area contributed by atoms with E-state index >= 15 is 0 Å². The average molecular weight is 249 g/mol. The molecule has 2 rings (SSSR count). The van der Waals surface area contributed by atoms with Crippen molar-refractivity contribution in [2.24, 2.45) is 0 Å². The van der Waals surface area contributed by atoms with Gasteiger partial charge in [0.1, 0.15) is 0 Å². The van der Waals surface area contributed by atoms with Crippen LogP contribution in [-0.4, -0.2) is 15.6 Å². The predicted octanol–water partition coefficient (Wildman–Crippen LogP) is 3.18. The fourth-order valence-corrected chi connectivity index (χ4v) is 1.73. The fraction of sp³-hybridized carbons (Fsp3) is 0.231. The van der Waals surface area contributed by atoms with E-state index in [1.54, 1.807) is 41.3 Å². The number of carbonyl (C=O) groups excluding carboxylic acids is 1. The molecular formula is C13H13ClN2O. The van der Waals surface area contributed by atoms with E-state index in [-0.39, 0.29) is 5.78 Å². The Bertz CT molecular complexity index is 516. The first kappa shape index (κ1) is 11.9. The summed E-state index contributed by atoms with van der Waals surface area (Å²) >= 11 is 5.78. The van der Waals surface area contributed by atoms with Gasteiger partial charge in [0.2, 0.25) is 0 Å². The molecule has 0 saturated carbocycles. The topological polar surface area (TPSA) is 34.9 Å². The van der Waals surface area contributed by atoms with Crippen LogP contribution in [0.15, 0.2) is 36.7 Å². The Kier molecular flexibility index (Phi) is 3.59. The number of hydrogen-bond donors (Lipinski definition) is 0. The number of hydrogen-bond acceptors (Lipinski definition) is 2. The molecule has 0 fully saturated rings. The molecule has 0 aliphatic heterocycles. The van der Waals surface area contributed by atoms with Crippen LogP contribution in [0.25, 0.3) is 0 Å². The number of carbonyl (C=O) groups is 1. The molecule has 0 saturated heterocycles. The predicted molar refractivity (Wildman–Crippen MR) is 67.4 cm³/mol. The summed E-state index contributed by atoms with van der Waals surface area (Å²) in [6.07, 6.45) is 4.38. The first-order valence-electron chi connectivity index (χ1n) is 5.53. The second kappa shape index (κ2) is 5.15. The van der Waals surface area contributed by atoms with E-state index in [1.165, 1.54) is 0 Å². The van der Waals surface area contributed by atoms with Crippen molar-refractivity contribution in [1.82, 2.24) is 9.78 Å². The normalized spacial score (nSPS) is 10.5. The maximum Gasteiger partial charge on any atom is 0.196 e.